The Morgan fingerprint density at radius 1 is 1.19 bits per heavy atom. The summed E-state index contributed by atoms with van der Waals surface area (Å²) in [5, 5.41) is 6.43. The number of nitrogens with one attached hydrogen (secondary N) is 1. The molecule has 1 N–H and O–H groups in total. The number of nitrogens with zero attached hydrogens (tertiary/aromatic N) is 3. The molecule has 1 aromatic carbocycles. The number of rotatable bonds is 4. The van der Waals surface area contributed by atoms with Crippen LogP contribution in [-0.2, 0) is 17.1 Å². The van der Waals surface area contributed by atoms with Gasteiger partial charge in [0.25, 0.3) is 15.9 Å². The van der Waals surface area contributed by atoms with Gasteiger partial charge in [0.15, 0.2) is 0 Å². The minimum atomic E-state index is -3.87. The Morgan fingerprint density at radius 3 is 2.48 bits per heavy atom. The van der Waals surface area contributed by atoms with Crippen molar-refractivity contribution in [2.24, 2.45) is 7.05 Å². The van der Waals surface area contributed by atoms with Crippen molar-refractivity contribution in [3.8, 4) is 0 Å². The first-order valence-corrected chi connectivity index (χ1v) is 10.3. The van der Waals surface area contributed by atoms with E-state index in [-0.39, 0.29) is 16.4 Å². The first-order chi connectivity index (χ1) is 12.8. The molecule has 1 saturated heterocycles. The predicted molar refractivity (Wildman–Crippen MR) is 99.5 cm³/mol. The van der Waals surface area contributed by atoms with E-state index >= 15 is 0 Å². The van der Waals surface area contributed by atoms with Gasteiger partial charge in [-0.2, -0.15) is 9.40 Å². The molecule has 1 aliphatic rings. The lowest BCUT2D eigenvalue weighted by Gasteiger charge is -2.19. The van der Waals surface area contributed by atoms with Gasteiger partial charge in [0.2, 0.25) is 5.03 Å². The van der Waals surface area contributed by atoms with Crippen LogP contribution in [0.3, 0.4) is 0 Å². The minimum absolute atomic E-state index is 0.0243. The number of anilines is 1. The molecule has 2 aromatic rings. The van der Waals surface area contributed by atoms with Gasteiger partial charge >= 0.3 is 0 Å². The monoisotopic (exact) mass is 394 g/mol. The second-order valence-corrected chi connectivity index (χ2v) is 8.61. The largest absolute Gasteiger partial charge is 0.322 e. The summed E-state index contributed by atoms with van der Waals surface area (Å²) in [6, 6.07) is 4.18. The highest BCUT2D eigenvalue weighted by Gasteiger charge is 2.32. The molecule has 146 valence electrons. The molecule has 0 unspecified atom stereocenters. The lowest BCUT2D eigenvalue weighted by atomic mass is 10.2. The maximum atomic E-state index is 13.4. The van der Waals surface area contributed by atoms with Crippen molar-refractivity contribution < 1.29 is 17.6 Å². The molecule has 0 saturated carbocycles. The van der Waals surface area contributed by atoms with Crippen LogP contribution >= 0.6 is 0 Å². The lowest BCUT2D eigenvalue weighted by Crippen LogP contribution is -2.33. The van der Waals surface area contributed by atoms with Crippen molar-refractivity contribution in [1.29, 1.82) is 0 Å². The molecular formula is C18H23FN4O3S. The molecule has 1 aliphatic heterocycles. The number of benzene rings is 1. The average molecular weight is 394 g/mol. The van der Waals surface area contributed by atoms with Crippen LogP contribution in [0.15, 0.2) is 29.4 Å². The van der Waals surface area contributed by atoms with E-state index in [1.165, 1.54) is 33.4 Å². The zero-order chi connectivity index (χ0) is 19.6. The van der Waals surface area contributed by atoms with Crippen LogP contribution in [0.5, 0.6) is 0 Å². The van der Waals surface area contributed by atoms with E-state index in [0.29, 0.717) is 24.3 Å². The summed E-state index contributed by atoms with van der Waals surface area (Å²) in [6.07, 6.45) is 4.96. The van der Waals surface area contributed by atoms with Crippen LogP contribution in [0.25, 0.3) is 0 Å². The van der Waals surface area contributed by atoms with Gasteiger partial charge < -0.3 is 5.32 Å². The van der Waals surface area contributed by atoms with Gasteiger partial charge in [-0.25, -0.2) is 12.8 Å². The van der Waals surface area contributed by atoms with Gasteiger partial charge in [-0.05, 0) is 43.5 Å². The number of carbonyl (C=O) groups excluding carboxylic acids is 1. The number of amides is 1. The SMILES string of the molecule is Cc1cc(NC(=O)c2cn(C)nc2S(=O)(=O)N2CCCCCC2)ccc1F. The standard InChI is InChI=1S/C18H23FN4O3S/c1-13-11-14(7-8-16(13)19)20-17(24)15-12-22(2)21-18(15)27(25,26)23-9-5-3-4-6-10-23/h7-8,11-12H,3-6,9-10H2,1-2H3,(H,20,24). The number of hydrogen-bond donors (Lipinski definition) is 1. The van der Waals surface area contributed by atoms with Crippen molar-refractivity contribution >= 4 is 21.6 Å². The highest BCUT2D eigenvalue weighted by Crippen LogP contribution is 2.23. The number of sulfonamides is 1. The topological polar surface area (TPSA) is 84.3 Å². The van der Waals surface area contributed by atoms with E-state index in [1.807, 2.05) is 0 Å². The fourth-order valence-electron chi connectivity index (χ4n) is 3.14. The molecule has 1 fully saturated rings. The van der Waals surface area contributed by atoms with Crippen molar-refractivity contribution in [3.63, 3.8) is 0 Å². The third kappa shape index (κ3) is 4.19. The first-order valence-electron chi connectivity index (χ1n) is 8.90. The Balaban J connectivity index is 1.90. The number of halogens is 1. The van der Waals surface area contributed by atoms with Crippen LogP contribution in [-0.4, -0.2) is 41.5 Å². The first kappa shape index (κ1) is 19.5. The maximum absolute atomic E-state index is 13.4. The number of aromatic nitrogens is 2. The van der Waals surface area contributed by atoms with Crippen molar-refractivity contribution in [2.75, 3.05) is 18.4 Å². The Labute approximate surface area is 158 Å². The van der Waals surface area contributed by atoms with E-state index in [9.17, 15) is 17.6 Å². The van der Waals surface area contributed by atoms with Crippen LogP contribution in [0, 0.1) is 12.7 Å². The van der Waals surface area contributed by atoms with Gasteiger partial charge in [-0.15, -0.1) is 0 Å². The summed E-state index contributed by atoms with van der Waals surface area (Å²) >= 11 is 0. The molecule has 3 rings (SSSR count). The highest BCUT2D eigenvalue weighted by atomic mass is 32.2. The minimum Gasteiger partial charge on any atom is -0.322 e. The zero-order valence-electron chi connectivity index (χ0n) is 15.4. The van der Waals surface area contributed by atoms with Gasteiger partial charge in [-0.1, -0.05) is 12.8 Å². The molecule has 0 atom stereocenters. The Morgan fingerprint density at radius 2 is 1.85 bits per heavy atom. The van der Waals surface area contributed by atoms with Crippen LogP contribution in [0.4, 0.5) is 10.1 Å². The Bertz CT molecular complexity index is 948. The zero-order valence-corrected chi connectivity index (χ0v) is 16.2. The molecule has 1 aromatic heterocycles. The number of carbonyl (C=O) groups is 1. The van der Waals surface area contributed by atoms with Crippen molar-refractivity contribution in [2.45, 2.75) is 37.6 Å². The van der Waals surface area contributed by atoms with Crippen LogP contribution in [0.2, 0.25) is 0 Å². The van der Waals surface area contributed by atoms with E-state index < -0.39 is 15.9 Å². The molecule has 0 radical (unpaired) electrons. The Hall–Kier alpha value is -2.26. The molecule has 1 amide bonds. The molecule has 0 spiro atoms. The van der Waals surface area contributed by atoms with Crippen molar-refractivity contribution in [1.82, 2.24) is 14.1 Å². The van der Waals surface area contributed by atoms with E-state index in [4.69, 9.17) is 0 Å². The summed E-state index contributed by atoms with van der Waals surface area (Å²) in [5.41, 5.74) is 0.751. The van der Waals surface area contributed by atoms with Gasteiger partial charge in [0.05, 0.1) is 5.56 Å². The fraction of sp³-hybridized carbons (Fsp3) is 0.444. The number of aryl methyl sites for hydroxylation is 2. The van der Waals surface area contributed by atoms with Gasteiger partial charge in [-0.3, -0.25) is 9.48 Å². The summed E-state index contributed by atoms with van der Waals surface area (Å²) in [4.78, 5) is 12.7. The average Bonchev–Trinajstić information content (AvgIpc) is 2.83. The van der Waals surface area contributed by atoms with Crippen LogP contribution in [0.1, 0.15) is 41.6 Å². The van der Waals surface area contributed by atoms with E-state index in [2.05, 4.69) is 10.4 Å². The molecule has 0 aliphatic carbocycles. The summed E-state index contributed by atoms with van der Waals surface area (Å²) in [6.45, 7) is 2.44. The normalized spacial score (nSPS) is 16.1. The van der Waals surface area contributed by atoms with Crippen LogP contribution < -0.4 is 5.32 Å². The maximum Gasteiger partial charge on any atom is 0.263 e. The number of hydrogen-bond acceptors (Lipinski definition) is 4. The highest BCUT2D eigenvalue weighted by molar-refractivity contribution is 7.89. The molecule has 9 heteroatoms. The Kier molecular flexibility index (Phi) is 5.61. The van der Waals surface area contributed by atoms with Gasteiger partial charge in [0.1, 0.15) is 5.82 Å². The van der Waals surface area contributed by atoms with E-state index in [1.54, 1.807) is 14.0 Å². The third-order valence-electron chi connectivity index (χ3n) is 4.60. The lowest BCUT2D eigenvalue weighted by molar-refractivity contribution is 0.102. The third-order valence-corrected chi connectivity index (χ3v) is 6.44. The summed E-state index contributed by atoms with van der Waals surface area (Å²) in [5.74, 6) is -0.971. The summed E-state index contributed by atoms with van der Waals surface area (Å²) in [7, 11) is -2.30. The van der Waals surface area contributed by atoms with E-state index in [0.717, 1.165) is 25.7 Å². The molecular weight excluding hydrogens is 371 g/mol. The molecule has 27 heavy (non-hydrogen) atoms. The van der Waals surface area contributed by atoms with Crippen molar-refractivity contribution in [3.05, 3.63) is 41.3 Å². The second kappa shape index (κ2) is 7.77. The summed E-state index contributed by atoms with van der Waals surface area (Å²) < 4.78 is 42.2. The second-order valence-electron chi connectivity index (χ2n) is 6.76. The molecule has 7 nitrogen and oxygen atoms in total. The smallest absolute Gasteiger partial charge is 0.263 e. The predicted octanol–water partition coefficient (Wildman–Crippen LogP) is 2.68. The quantitative estimate of drug-likeness (QED) is 0.864. The van der Waals surface area contributed by atoms with Gasteiger partial charge in [0, 0.05) is 32.0 Å². The molecule has 2 heterocycles. The molecule has 0 bridgehead atoms. The fourth-order valence-corrected chi connectivity index (χ4v) is 4.78.